The lowest BCUT2D eigenvalue weighted by molar-refractivity contribution is -0.936. The van der Waals surface area contributed by atoms with Crippen LogP contribution in [0.4, 0.5) is 5.13 Å². The van der Waals surface area contributed by atoms with Gasteiger partial charge in [-0.2, -0.15) is 0 Å². The third-order valence-electron chi connectivity index (χ3n) is 4.63. The van der Waals surface area contributed by atoms with Crippen molar-refractivity contribution in [3.63, 3.8) is 0 Å². The fourth-order valence-electron chi connectivity index (χ4n) is 3.15. The van der Waals surface area contributed by atoms with Gasteiger partial charge in [-0.15, -0.1) is 11.3 Å². The first kappa shape index (κ1) is 17.0. The molecular formula is C18H19ClN3OS2+. The Morgan fingerprint density at radius 2 is 2.12 bits per heavy atom. The van der Waals surface area contributed by atoms with E-state index in [0.29, 0.717) is 21.1 Å². The first-order valence-corrected chi connectivity index (χ1v) is 10.4. The molecule has 0 aliphatic carbocycles. The van der Waals surface area contributed by atoms with Crippen LogP contribution in [0, 0.1) is 0 Å². The molecule has 0 fully saturated rings. The van der Waals surface area contributed by atoms with Crippen LogP contribution in [0.15, 0.2) is 24.3 Å². The molecule has 130 valence electrons. The number of halogens is 1. The number of aromatic nitrogens is 1. The van der Waals surface area contributed by atoms with Gasteiger partial charge >= 0.3 is 0 Å². The number of carbonyl (C=O) groups excluding carboxylic acids is 1. The molecule has 7 heteroatoms. The van der Waals surface area contributed by atoms with E-state index in [-0.39, 0.29) is 5.91 Å². The molecule has 4 rings (SSSR count). The van der Waals surface area contributed by atoms with Crippen LogP contribution >= 0.6 is 34.3 Å². The van der Waals surface area contributed by atoms with E-state index in [4.69, 9.17) is 11.6 Å². The maximum atomic E-state index is 12.7. The van der Waals surface area contributed by atoms with Crippen molar-refractivity contribution in [1.29, 1.82) is 0 Å². The molecule has 0 bridgehead atoms. The average Bonchev–Trinajstić information content (AvgIpc) is 3.15. The number of hydrogen-bond acceptors (Lipinski definition) is 4. The number of carbonyl (C=O) groups is 1. The van der Waals surface area contributed by atoms with Crippen LogP contribution in [0.2, 0.25) is 5.02 Å². The smallest absolute Gasteiger partial charge is 0.269 e. The summed E-state index contributed by atoms with van der Waals surface area (Å²) in [6, 6.07) is 8.41. The average molecular weight is 393 g/mol. The van der Waals surface area contributed by atoms with Gasteiger partial charge in [-0.1, -0.05) is 41.1 Å². The summed E-state index contributed by atoms with van der Waals surface area (Å²) in [6.07, 6.45) is 0.971. The molecule has 2 N–H and O–H groups in total. The quantitative estimate of drug-likeness (QED) is 0.715. The zero-order valence-electron chi connectivity index (χ0n) is 14.1. The number of nitrogens with zero attached hydrogens (tertiary/aromatic N) is 1. The Kier molecular flexibility index (Phi) is 4.54. The molecule has 0 spiro atoms. The van der Waals surface area contributed by atoms with Crippen molar-refractivity contribution >= 4 is 55.4 Å². The summed E-state index contributed by atoms with van der Waals surface area (Å²) in [4.78, 5) is 20.7. The lowest BCUT2D eigenvalue weighted by Crippen LogP contribution is -3.14. The van der Waals surface area contributed by atoms with Crippen molar-refractivity contribution in [3.05, 3.63) is 44.7 Å². The van der Waals surface area contributed by atoms with Crippen LogP contribution in [0.1, 0.15) is 34.1 Å². The molecular weight excluding hydrogens is 374 g/mol. The van der Waals surface area contributed by atoms with Crippen molar-refractivity contribution in [2.75, 3.05) is 11.9 Å². The summed E-state index contributed by atoms with van der Waals surface area (Å²) >= 11 is 9.41. The summed E-state index contributed by atoms with van der Waals surface area (Å²) in [5.74, 6) is -0.176. The van der Waals surface area contributed by atoms with Gasteiger partial charge in [0.05, 0.1) is 28.2 Å². The predicted molar refractivity (Wildman–Crippen MR) is 105 cm³/mol. The van der Waals surface area contributed by atoms with Crippen molar-refractivity contribution in [1.82, 2.24) is 4.98 Å². The fraction of sp³-hybridized carbons (Fsp3) is 0.333. The van der Waals surface area contributed by atoms with E-state index in [1.54, 1.807) is 16.2 Å². The Morgan fingerprint density at radius 3 is 2.88 bits per heavy atom. The SMILES string of the molecule is CC(C)[NH+]1CCc2nc(NC(=O)c3sc4ccccc4c3Cl)sc2C1. The lowest BCUT2D eigenvalue weighted by atomic mass is 10.1. The molecule has 1 aliphatic rings. The Bertz CT molecular complexity index is 947. The minimum atomic E-state index is -0.176. The van der Waals surface area contributed by atoms with Crippen LogP contribution in [0.5, 0.6) is 0 Å². The number of hydrogen-bond donors (Lipinski definition) is 2. The minimum absolute atomic E-state index is 0.176. The zero-order chi connectivity index (χ0) is 17.6. The van der Waals surface area contributed by atoms with Crippen molar-refractivity contribution in [3.8, 4) is 0 Å². The fourth-order valence-corrected chi connectivity index (χ4v) is 5.62. The third-order valence-corrected chi connectivity index (χ3v) is 7.31. The van der Waals surface area contributed by atoms with E-state index in [0.717, 1.165) is 35.3 Å². The van der Waals surface area contributed by atoms with E-state index in [9.17, 15) is 4.79 Å². The summed E-state index contributed by atoms with van der Waals surface area (Å²) in [7, 11) is 0. The largest absolute Gasteiger partial charge is 0.328 e. The summed E-state index contributed by atoms with van der Waals surface area (Å²) < 4.78 is 1.02. The van der Waals surface area contributed by atoms with Gasteiger partial charge in [0.1, 0.15) is 11.4 Å². The van der Waals surface area contributed by atoms with E-state index < -0.39 is 0 Å². The van der Waals surface area contributed by atoms with Gasteiger partial charge < -0.3 is 4.90 Å². The number of rotatable bonds is 3. The standard InChI is InChI=1S/C18H18ClN3OS2/c1-10(2)22-8-7-12-14(9-22)25-18(20-12)21-17(23)16-15(19)11-5-3-4-6-13(11)24-16/h3-6,10H,7-9H2,1-2H3,(H,20,21,23)/p+1. The summed E-state index contributed by atoms with van der Waals surface area (Å²) in [5, 5.41) is 5.07. The summed E-state index contributed by atoms with van der Waals surface area (Å²) in [6.45, 7) is 6.58. The monoisotopic (exact) mass is 392 g/mol. The van der Waals surface area contributed by atoms with Crippen LogP contribution in [0.25, 0.3) is 10.1 Å². The molecule has 1 aromatic carbocycles. The molecule has 1 aliphatic heterocycles. The highest BCUT2D eigenvalue weighted by Gasteiger charge is 2.26. The minimum Gasteiger partial charge on any atom is -0.328 e. The number of benzene rings is 1. The molecule has 1 amide bonds. The lowest BCUT2D eigenvalue weighted by Gasteiger charge is -2.26. The normalized spacial score (nSPS) is 17.0. The first-order valence-electron chi connectivity index (χ1n) is 8.34. The third kappa shape index (κ3) is 3.19. The molecule has 0 saturated heterocycles. The molecule has 1 atom stereocenters. The van der Waals surface area contributed by atoms with Crippen molar-refractivity contribution in [2.24, 2.45) is 0 Å². The molecule has 1 unspecified atom stereocenters. The Morgan fingerprint density at radius 1 is 1.32 bits per heavy atom. The second kappa shape index (κ2) is 6.68. The predicted octanol–water partition coefficient (Wildman–Crippen LogP) is 3.61. The highest BCUT2D eigenvalue weighted by Crippen LogP contribution is 2.36. The van der Waals surface area contributed by atoms with Gasteiger partial charge in [-0.05, 0) is 19.9 Å². The van der Waals surface area contributed by atoms with Crippen LogP contribution in [0.3, 0.4) is 0 Å². The highest BCUT2D eigenvalue weighted by molar-refractivity contribution is 7.22. The van der Waals surface area contributed by atoms with Gasteiger partial charge in [0.2, 0.25) is 0 Å². The highest BCUT2D eigenvalue weighted by atomic mass is 35.5. The topological polar surface area (TPSA) is 46.4 Å². The molecule has 25 heavy (non-hydrogen) atoms. The van der Waals surface area contributed by atoms with Crippen molar-refractivity contribution < 1.29 is 9.69 Å². The zero-order valence-corrected chi connectivity index (χ0v) is 16.4. The van der Waals surface area contributed by atoms with Crippen molar-refractivity contribution in [2.45, 2.75) is 32.9 Å². The maximum absolute atomic E-state index is 12.7. The second-order valence-electron chi connectivity index (χ2n) is 6.57. The number of fused-ring (bicyclic) bond motifs is 2. The number of thiazole rings is 1. The van der Waals surface area contributed by atoms with Crippen LogP contribution in [-0.2, 0) is 13.0 Å². The van der Waals surface area contributed by atoms with Crippen LogP contribution in [-0.4, -0.2) is 23.5 Å². The number of thiophene rings is 1. The molecule has 2 aromatic heterocycles. The summed E-state index contributed by atoms with van der Waals surface area (Å²) in [5.41, 5.74) is 1.13. The van der Waals surface area contributed by atoms with Gasteiger partial charge in [-0.25, -0.2) is 4.98 Å². The second-order valence-corrected chi connectivity index (χ2v) is 9.09. The van der Waals surface area contributed by atoms with E-state index in [1.165, 1.54) is 16.2 Å². The Balaban J connectivity index is 1.56. The van der Waals surface area contributed by atoms with Gasteiger partial charge in [0, 0.05) is 16.5 Å². The Labute approximate surface area is 159 Å². The Hall–Kier alpha value is -1.47. The van der Waals surface area contributed by atoms with Crippen LogP contribution < -0.4 is 10.2 Å². The van der Waals surface area contributed by atoms with E-state index in [1.807, 2.05) is 24.3 Å². The number of nitrogens with one attached hydrogen (secondary N) is 2. The molecule has 0 radical (unpaired) electrons. The molecule has 4 nitrogen and oxygen atoms in total. The van der Waals surface area contributed by atoms with Gasteiger partial charge in [0.25, 0.3) is 5.91 Å². The first-order chi connectivity index (χ1) is 12.0. The molecule has 3 aromatic rings. The number of amides is 1. The molecule has 3 heterocycles. The van der Waals surface area contributed by atoms with Gasteiger partial charge in [-0.3, -0.25) is 10.1 Å². The number of anilines is 1. The maximum Gasteiger partial charge on any atom is 0.269 e. The molecule has 0 saturated carbocycles. The van der Waals surface area contributed by atoms with E-state index in [2.05, 4.69) is 24.1 Å². The van der Waals surface area contributed by atoms with Gasteiger partial charge in [0.15, 0.2) is 5.13 Å². The van der Waals surface area contributed by atoms with E-state index >= 15 is 0 Å². The number of quaternary nitrogens is 1.